The fraction of sp³-hybridized carbons (Fsp3) is 0.182. The van der Waals surface area contributed by atoms with Crippen LogP contribution >= 0.6 is 43.5 Å². The predicted molar refractivity (Wildman–Crippen MR) is 133 cm³/mol. The minimum atomic E-state index is -2.37. The number of halogens is 7. The van der Waals surface area contributed by atoms with Gasteiger partial charge >= 0.3 is 0 Å². The Labute approximate surface area is 209 Å². The molecule has 0 unspecified atom stereocenters. The Morgan fingerprint density at radius 2 is 1.27 bits per heavy atom. The fourth-order valence-electron chi connectivity index (χ4n) is 2.44. The normalized spacial score (nSPS) is 10.6. The van der Waals surface area contributed by atoms with Gasteiger partial charge in [-0.3, -0.25) is 0 Å². The van der Waals surface area contributed by atoms with Crippen LogP contribution in [0.4, 0.5) is 23.4 Å². The number of hydrogen-bond donors (Lipinski definition) is 2. The summed E-state index contributed by atoms with van der Waals surface area (Å²) in [6.45, 7) is -0.910. The van der Waals surface area contributed by atoms with Crippen LogP contribution in [-0.2, 0) is 0 Å². The molecule has 0 aliphatic rings. The Morgan fingerprint density at radius 3 is 1.79 bits per heavy atom. The summed E-state index contributed by atoms with van der Waals surface area (Å²) in [7, 11) is 0. The van der Waals surface area contributed by atoms with Crippen molar-refractivity contribution in [2.45, 2.75) is 12.9 Å². The highest BCUT2D eigenvalue weighted by molar-refractivity contribution is 9.10. The molecule has 0 radical (unpaired) electrons. The summed E-state index contributed by atoms with van der Waals surface area (Å²) in [5.74, 6) is 0.464. The first-order chi connectivity index (χ1) is 15.7. The molecule has 4 nitrogen and oxygen atoms in total. The maximum absolute atomic E-state index is 12.0. The summed E-state index contributed by atoms with van der Waals surface area (Å²) in [5, 5.41) is 5.18. The number of alkyl halides is 4. The van der Waals surface area contributed by atoms with Gasteiger partial charge in [0.2, 0.25) is 0 Å². The molecule has 11 heteroatoms. The summed E-state index contributed by atoms with van der Waals surface area (Å²) in [6.07, 6.45) is -4.71. The van der Waals surface area contributed by atoms with Crippen molar-refractivity contribution < 1.29 is 17.6 Å². The quantitative estimate of drug-likeness (QED) is 0.185. The predicted octanol–water partition coefficient (Wildman–Crippen LogP) is 7.54. The lowest BCUT2D eigenvalue weighted by molar-refractivity contribution is 0.158. The Hall–Kier alpha value is -2.01. The Bertz CT molecular complexity index is 1140. The van der Waals surface area contributed by atoms with E-state index in [1.54, 1.807) is 12.1 Å². The van der Waals surface area contributed by atoms with Gasteiger partial charge in [-0.05, 0) is 48.5 Å². The van der Waals surface area contributed by atoms with Crippen molar-refractivity contribution in [3.8, 4) is 0 Å². The minimum absolute atomic E-state index is 0.382. The second-order valence-electron chi connectivity index (χ2n) is 6.40. The van der Waals surface area contributed by atoms with Gasteiger partial charge in [-0.15, -0.1) is 0 Å². The van der Waals surface area contributed by atoms with Gasteiger partial charge < -0.3 is 11.1 Å². The van der Waals surface area contributed by atoms with E-state index in [4.69, 9.17) is 11.6 Å². The topological polar surface area (TPSA) is 63.8 Å². The Kier molecular flexibility index (Phi) is 11.3. The molecule has 0 aliphatic heterocycles. The van der Waals surface area contributed by atoms with Crippen molar-refractivity contribution in [3.05, 3.63) is 74.8 Å². The van der Waals surface area contributed by atoms with Gasteiger partial charge in [0.1, 0.15) is 11.0 Å². The van der Waals surface area contributed by atoms with E-state index in [-0.39, 0.29) is 6.54 Å². The molecule has 0 saturated carbocycles. The summed E-state index contributed by atoms with van der Waals surface area (Å²) < 4.78 is 47.2. The fourth-order valence-corrected chi connectivity index (χ4v) is 3.29. The maximum atomic E-state index is 12.0. The van der Waals surface area contributed by atoms with Gasteiger partial charge in [-0.2, -0.15) is 0 Å². The van der Waals surface area contributed by atoms with Crippen LogP contribution in [0.15, 0.2) is 69.6 Å². The van der Waals surface area contributed by atoms with Crippen LogP contribution in [0.2, 0.25) is 5.15 Å². The number of nitrogens with two attached hydrogens (primary N) is 1. The third-order valence-electron chi connectivity index (χ3n) is 3.89. The molecule has 0 atom stereocenters. The van der Waals surface area contributed by atoms with Crippen LogP contribution < -0.4 is 11.1 Å². The van der Waals surface area contributed by atoms with Crippen molar-refractivity contribution >= 4 is 71.1 Å². The lowest BCUT2D eigenvalue weighted by Gasteiger charge is -2.06. The number of hydrogen-bond acceptors (Lipinski definition) is 4. The Balaban J connectivity index is 0.000000200. The zero-order chi connectivity index (χ0) is 24.4. The highest BCUT2D eigenvalue weighted by Crippen LogP contribution is 2.21. The molecule has 33 heavy (non-hydrogen) atoms. The lowest BCUT2D eigenvalue weighted by Crippen LogP contribution is -2.11. The molecule has 0 fully saturated rings. The van der Waals surface area contributed by atoms with Gasteiger partial charge in [0.25, 0.3) is 12.9 Å². The van der Waals surface area contributed by atoms with E-state index in [2.05, 4.69) is 52.9 Å². The molecular weight excluding hydrogens is 592 g/mol. The zero-order valence-corrected chi connectivity index (χ0v) is 20.9. The van der Waals surface area contributed by atoms with Crippen LogP contribution in [0.25, 0.3) is 21.8 Å². The van der Waals surface area contributed by atoms with E-state index in [9.17, 15) is 17.6 Å². The van der Waals surface area contributed by atoms with Crippen molar-refractivity contribution in [3.63, 3.8) is 0 Å². The molecule has 2 aromatic carbocycles. The third kappa shape index (κ3) is 9.79. The Morgan fingerprint density at radius 1 is 0.788 bits per heavy atom. The lowest BCUT2D eigenvalue weighted by atomic mass is 10.2. The molecule has 2 heterocycles. The largest absolute Gasteiger partial charge is 0.364 e. The minimum Gasteiger partial charge on any atom is -0.364 e. The molecule has 0 aliphatic carbocycles. The van der Waals surface area contributed by atoms with Crippen molar-refractivity contribution in [2.75, 3.05) is 18.4 Å². The molecule has 2 aromatic heterocycles. The number of nitrogens with zero attached hydrogens (tertiary/aromatic N) is 2. The van der Waals surface area contributed by atoms with Crippen LogP contribution in [0.1, 0.15) is 0 Å². The number of anilines is 1. The first-order valence-corrected chi connectivity index (χ1v) is 11.4. The SMILES string of the molecule is Clc1ccc2ccc(Br)cc2n1.FC(F)CNc1ccc2ccc(Br)cc2n1.NCC(F)F. The van der Waals surface area contributed by atoms with E-state index in [0.29, 0.717) is 11.0 Å². The standard InChI is InChI=1S/C11H9BrF2N2.C9H5BrClN.C2H5F2N/c12-8-3-1-7-2-4-11(15-6-10(13)14)16-9(7)5-8;10-7-3-1-6-2-4-9(11)12-8(6)5-7;3-2(4)1-5/h1-5,10H,6H2,(H,15,16);1-5H;2H,1,5H2. The maximum Gasteiger partial charge on any atom is 0.255 e. The first kappa shape index (κ1) is 27.2. The average Bonchev–Trinajstić information content (AvgIpc) is 2.77. The second-order valence-corrected chi connectivity index (χ2v) is 8.62. The first-order valence-electron chi connectivity index (χ1n) is 9.46. The number of nitrogens with one attached hydrogen (secondary N) is 1. The van der Waals surface area contributed by atoms with E-state index in [1.807, 2.05) is 48.5 Å². The van der Waals surface area contributed by atoms with E-state index in [0.717, 1.165) is 30.8 Å². The average molecular weight is 611 g/mol. The number of benzene rings is 2. The molecular formula is C22H19Br2ClF4N4. The monoisotopic (exact) mass is 608 g/mol. The van der Waals surface area contributed by atoms with Crippen LogP contribution in [0.5, 0.6) is 0 Å². The van der Waals surface area contributed by atoms with Crippen molar-refractivity contribution in [2.24, 2.45) is 5.73 Å². The number of rotatable bonds is 4. The van der Waals surface area contributed by atoms with Crippen molar-refractivity contribution in [1.29, 1.82) is 0 Å². The van der Waals surface area contributed by atoms with E-state index < -0.39 is 19.4 Å². The summed E-state index contributed by atoms with van der Waals surface area (Å²) in [5.41, 5.74) is 6.11. The molecule has 4 rings (SSSR count). The number of fused-ring (bicyclic) bond motifs is 2. The molecule has 3 N–H and O–H groups in total. The van der Waals surface area contributed by atoms with Gasteiger partial charge in [0.05, 0.1) is 24.1 Å². The van der Waals surface area contributed by atoms with Crippen LogP contribution in [0.3, 0.4) is 0 Å². The molecule has 0 amide bonds. The molecule has 0 bridgehead atoms. The highest BCUT2D eigenvalue weighted by atomic mass is 79.9. The summed E-state index contributed by atoms with van der Waals surface area (Å²) in [4.78, 5) is 8.41. The van der Waals surface area contributed by atoms with Gasteiger partial charge in [0, 0.05) is 19.7 Å². The second kappa shape index (κ2) is 13.6. The smallest absolute Gasteiger partial charge is 0.255 e. The van der Waals surface area contributed by atoms with E-state index >= 15 is 0 Å². The number of pyridine rings is 2. The zero-order valence-electron chi connectivity index (χ0n) is 17.0. The summed E-state index contributed by atoms with van der Waals surface area (Å²) in [6, 6.07) is 18.9. The van der Waals surface area contributed by atoms with Gasteiger partial charge in [0.15, 0.2) is 0 Å². The molecule has 0 saturated heterocycles. The van der Waals surface area contributed by atoms with Crippen molar-refractivity contribution in [1.82, 2.24) is 9.97 Å². The summed E-state index contributed by atoms with van der Waals surface area (Å²) >= 11 is 12.5. The molecule has 176 valence electrons. The van der Waals surface area contributed by atoms with Gasteiger partial charge in [-0.25, -0.2) is 27.5 Å². The van der Waals surface area contributed by atoms with E-state index in [1.165, 1.54) is 0 Å². The molecule has 4 aromatic rings. The van der Waals surface area contributed by atoms with Gasteiger partial charge in [-0.1, -0.05) is 55.6 Å². The molecule has 0 spiro atoms. The van der Waals surface area contributed by atoms with Crippen LogP contribution in [-0.4, -0.2) is 35.9 Å². The van der Waals surface area contributed by atoms with Crippen LogP contribution in [0, 0.1) is 0 Å². The number of aromatic nitrogens is 2. The third-order valence-corrected chi connectivity index (χ3v) is 5.09. The highest BCUT2D eigenvalue weighted by Gasteiger charge is 2.03.